The van der Waals surface area contributed by atoms with Crippen molar-refractivity contribution in [3.05, 3.63) is 35.5 Å². The lowest BCUT2D eigenvalue weighted by Gasteiger charge is -2.59. The average molecular weight is 435 g/mol. The van der Waals surface area contributed by atoms with E-state index in [1.165, 1.54) is 39.2 Å². The molecule has 1 unspecified atom stereocenters. The van der Waals surface area contributed by atoms with Crippen LogP contribution in [0.1, 0.15) is 43.2 Å². The third-order valence-electron chi connectivity index (χ3n) is 7.71. The summed E-state index contributed by atoms with van der Waals surface area (Å²) in [5.41, 5.74) is 8.07. The van der Waals surface area contributed by atoms with Gasteiger partial charge in [0, 0.05) is 19.1 Å². The van der Waals surface area contributed by atoms with Gasteiger partial charge in [0.25, 0.3) is 0 Å². The molecule has 0 spiro atoms. The molecule has 0 amide bonds. The van der Waals surface area contributed by atoms with Gasteiger partial charge in [-0.05, 0) is 73.0 Å². The van der Waals surface area contributed by atoms with Crippen LogP contribution in [-0.2, 0) is 6.54 Å². The van der Waals surface area contributed by atoms with Crippen molar-refractivity contribution in [1.29, 1.82) is 5.26 Å². The summed E-state index contributed by atoms with van der Waals surface area (Å²) in [5, 5.41) is 26.2. The number of phenols is 1. The van der Waals surface area contributed by atoms with Crippen LogP contribution in [0.3, 0.4) is 0 Å². The number of hydrogen-bond acceptors (Lipinski definition) is 8. The minimum Gasteiger partial charge on any atom is -0.504 e. The molecule has 1 aromatic carbocycles. The SMILES string of the molecule is COc1ccc(CNc2ncc(C#N)c(NC[C@]34CC5C[C@H](C3)[C@@H](N)[C@@H](C5)C4)n2)cc1O. The third kappa shape index (κ3) is 3.82. The van der Waals surface area contributed by atoms with Crippen molar-refractivity contribution in [3.8, 4) is 17.6 Å². The van der Waals surface area contributed by atoms with Gasteiger partial charge in [-0.25, -0.2) is 4.98 Å². The highest BCUT2D eigenvalue weighted by Crippen LogP contribution is 2.59. The maximum atomic E-state index is 9.97. The van der Waals surface area contributed by atoms with Crippen molar-refractivity contribution in [3.63, 3.8) is 0 Å². The van der Waals surface area contributed by atoms with Gasteiger partial charge >= 0.3 is 0 Å². The molecule has 168 valence electrons. The predicted octanol–water partition coefficient (Wildman–Crippen LogP) is 3.24. The molecule has 4 fully saturated rings. The Morgan fingerprint density at radius 1 is 1.25 bits per heavy atom. The number of aromatic nitrogens is 2. The van der Waals surface area contributed by atoms with Gasteiger partial charge in [-0.1, -0.05) is 6.07 Å². The Morgan fingerprint density at radius 3 is 2.72 bits per heavy atom. The molecule has 0 radical (unpaired) electrons. The van der Waals surface area contributed by atoms with E-state index in [2.05, 4.69) is 26.7 Å². The van der Waals surface area contributed by atoms with Crippen molar-refractivity contribution < 1.29 is 9.84 Å². The second-order valence-corrected chi connectivity index (χ2v) is 9.83. The minimum absolute atomic E-state index is 0.0881. The molecule has 4 aliphatic rings. The van der Waals surface area contributed by atoms with Crippen LogP contribution in [0.4, 0.5) is 11.8 Å². The van der Waals surface area contributed by atoms with Crippen LogP contribution in [0.15, 0.2) is 24.4 Å². The summed E-state index contributed by atoms with van der Waals surface area (Å²) in [4.78, 5) is 8.86. The van der Waals surface area contributed by atoms with Crippen LogP contribution in [0.25, 0.3) is 0 Å². The summed E-state index contributed by atoms with van der Waals surface area (Å²) in [6.07, 6.45) is 7.72. The van der Waals surface area contributed by atoms with Gasteiger partial charge in [-0.2, -0.15) is 10.2 Å². The maximum absolute atomic E-state index is 9.97. The number of phenolic OH excluding ortho intramolecular Hbond substituents is 1. The quantitative estimate of drug-likeness (QED) is 0.523. The maximum Gasteiger partial charge on any atom is 0.224 e. The highest BCUT2D eigenvalue weighted by Gasteiger charge is 2.54. The monoisotopic (exact) mass is 434 g/mol. The highest BCUT2D eigenvalue weighted by atomic mass is 16.5. The number of ether oxygens (including phenoxy) is 1. The molecule has 0 saturated heterocycles. The molecule has 0 aliphatic heterocycles. The average Bonchev–Trinajstić information content (AvgIpc) is 2.79. The molecule has 4 aliphatic carbocycles. The molecule has 4 saturated carbocycles. The van der Waals surface area contributed by atoms with Crippen molar-refractivity contribution in [2.24, 2.45) is 28.9 Å². The Balaban J connectivity index is 1.27. The van der Waals surface area contributed by atoms with E-state index in [4.69, 9.17) is 10.5 Å². The van der Waals surface area contributed by atoms with Crippen LogP contribution >= 0.6 is 0 Å². The van der Waals surface area contributed by atoms with Gasteiger partial charge < -0.3 is 26.2 Å². The number of nitrogens with zero attached hydrogens (tertiary/aromatic N) is 3. The molecule has 32 heavy (non-hydrogen) atoms. The molecule has 2 aromatic rings. The number of aromatic hydroxyl groups is 1. The normalized spacial score (nSPS) is 30.0. The van der Waals surface area contributed by atoms with E-state index in [-0.39, 0.29) is 11.2 Å². The van der Waals surface area contributed by atoms with Gasteiger partial charge in [0.2, 0.25) is 5.95 Å². The first-order valence-corrected chi connectivity index (χ1v) is 11.3. The molecule has 8 heteroatoms. The zero-order chi connectivity index (χ0) is 22.3. The second-order valence-electron chi connectivity index (χ2n) is 9.83. The minimum atomic E-state index is 0.0881. The number of anilines is 2. The first-order chi connectivity index (χ1) is 15.5. The Bertz CT molecular complexity index is 1040. The summed E-state index contributed by atoms with van der Waals surface area (Å²) in [5.74, 6) is 3.61. The Hall–Kier alpha value is -3.05. The number of methoxy groups -OCH3 is 1. The third-order valence-corrected chi connectivity index (χ3v) is 7.71. The molecule has 6 rings (SSSR count). The summed E-state index contributed by atoms with van der Waals surface area (Å²) in [7, 11) is 1.52. The van der Waals surface area contributed by atoms with E-state index in [0.717, 1.165) is 18.0 Å². The van der Waals surface area contributed by atoms with Crippen molar-refractivity contribution >= 4 is 11.8 Å². The Kier molecular flexibility index (Phi) is 5.30. The van der Waals surface area contributed by atoms with Gasteiger partial charge in [0.15, 0.2) is 11.5 Å². The molecule has 5 atom stereocenters. The van der Waals surface area contributed by atoms with Gasteiger partial charge in [0.05, 0.1) is 13.3 Å². The van der Waals surface area contributed by atoms with E-state index in [0.29, 0.717) is 47.5 Å². The van der Waals surface area contributed by atoms with E-state index < -0.39 is 0 Å². The number of rotatable bonds is 7. The van der Waals surface area contributed by atoms with Gasteiger partial charge in [-0.15, -0.1) is 0 Å². The molecule has 1 heterocycles. The number of nitriles is 1. The lowest BCUT2D eigenvalue weighted by atomic mass is 9.48. The van der Waals surface area contributed by atoms with Crippen LogP contribution in [0.2, 0.25) is 0 Å². The van der Waals surface area contributed by atoms with E-state index in [9.17, 15) is 10.4 Å². The number of nitrogens with two attached hydrogens (primary N) is 1. The Labute approximate surface area is 188 Å². The molecule has 1 aromatic heterocycles. The first kappa shape index (κ1) is 20.8. The fourth-order valence-corrected chi connectivity index (χ4v) is 6.43. The summed E-state index contributed by atoms with van der Waals surface area (Å²) < 4.78 is 5.08. The number of benzene rings is 1. The van der Waals surface area contributed by atoms with E-state index in [1.807, 2.05) is 6.07 Å². The van der Waals surface area contributed by atoms with Gasteiger partial charge in [-0.3, -0.25) is 0 Å². The van der Waals surface area contributed by atoms with Gasteiger partial charge in [0.1, 0.15) is 17.5 Å². The summed E-state index contributed by atoms with van der Waals surface area (Å²) in [6.45, 7) is 1.26. The smallest absolute Gasteiger partial charge is 0.224 e. The molecule has 8 nitrogen and oxygen atoms in total. The van der Waals surface area contributed by atoms with Crippen LogP contribution in [-0.4, -0.2) is 34.8 Å². The Morgan fingerprint density at radius 2 is 2.03 bits per heavy atom. The predicted molar refractivity (Wildman–Crippen MR) is 121 cm³/mol. The van der Waals surface area contributed by atoms with Crippen molar-refractivity contribution in [2.75, 3.05) is 24.3 Å². The fraction of sp³-hybridized carbons (Fsp3) is 0.542. The van der Waals surface area contributed by atoms with E-state index in [1.54, 1.807) is 18.3 Å². The lowest BCUT2D eigenvalue weighted by molar-refractivity contribution is -0.0591. The lowest BCUT2D eigenvalue weighted by Crippen LogP contribution is -2.58. The topological polar surface area (TPSA) is 129 Å². The molecule has 5 N–H and O–H groups in total. The number of nitrogens with one attached hydrogen (secondary N) is 2. The van der Waals surface area contributed by atoms with Crippen LogP contribution in [0.5, 0.6) is 11.5 Å². The summed E-state index contributed by atoms with van der Waals surface area (Å²) >= 11 is 0. The largest absolute Gasteiger partial charge is 0.504 e. The zero-order valence-electron chi connectivity index (χ0n) is 18.3. The number of hydrogen-bond donors (Lipinski definition) is 4. The fourth-order valence-electron chi connectivity index (χ4n) is 6.43. The molecular weight excluding hydrogens is 404 g/mol. The molecular formula is C24H30N6O2. The van der Waals surface area contributed by atoms with Crippen LogP contribution in [0, 0.1) is 34.5 Å². The molecule has 4 bridgehead atoms. The highest BCUT2D eigenvalue weighted by molar-refractivity contribution is 5.53. The second kappa shape index (κ2) is 8.14. The van der Waals surface area contributed by atoms with E-state index >= 15 is 0 Å². The van der Waals surface area contributed by atoms with Crippen molar-refractivity contribution in [1.82, 2.24) is 9.97 Å². The first-order valence-electron chi connectivity index (χ1n) is 11.3. The summed E-state index contributed by atoms with van der Waals surface area (Å²) in [6, 6.07) is 7.79. The zero-order valence-corrected chi connectivity index (χ0v) is 18.3. The standard InChI is InChI=1S/C24H30N6O2/c1-32-20-3-2-14(6-19(20)31)11-27-23-28-12-18(10-25)22(30-23)29-13-24-7-15-4-16(8-24)21(26)17(5-15)9-24/h2-3,6,12,15-17,21,31H,4-5,7-9,11,13,26H2,1H3,(H2,27,28,29,30)/t15?,16-,17+,21-,24-. The van der Waals surface area contributed by atoms with Crippen molar-refractivity contribution in [2.45, 2.75) is 44.7 Å². The van der Waals surface area contributed by atoms with Crippen LogP contribution < -0.4 is 21.1 Å².